The zero-order valence-electron chi connectivity index (χ0n) is 15.4. The minimum absolute atomic E-state index is 0.0161. The molecule has 158 valence electrons. The third-order valence-corrected chi connectivity index (χ3v) is 4.30. The van der Waals surface area contributed by atoms with Crippen LogP contribution < -0.4 is 0 Å². The maximum Gasteiger partial charge on any atom is 0.416 e. The zero-order chi connectivity index (χ0) is 22.8. The van der Waals surface area contributed by atoms with Crippen molar-refractivity contribution in [3.05, 3.63) is 82.9 Å². The van der Waals surface area contributed by atoms with Gasteiger partial charge >= 0.3 is 18.6 Å². The van der Waals surface area contributed by atoms with Gasteiger partial charge in [0.2, 0.25) is 0 Å². The third kappa shape index (κ3) is 5.04. The van der Waals surface area contributed by atoms with Crippen molar-refractivity contribution in [2.24, 2.45) is 0 Å². The van der Waals surface area contributed by atoms with Crippen molar-refractivity contribution in [1.29, 1.82) is 0 Å². The van der Waals surface area contributed by atoms with Gasteiger partial charge in [-0.05, 0) is 36.4 Å². The number of aromatic nitrogens is 1. The zero-order valence-corrected chi connectivity index (χ0v) is 15.4. The molecule has 3 rings (SSSR count). The molecule has 0 saturated carbocycles. The fourth-order valence-corrected chi connectivity index (χ4v) is 2.76. The molecule has 0 saturated heterocycles. The highest BCUT2D eigenvalue weighted by molar-refractivity contribution is 6.33. The molecule has 10 heteroatoms. The van der Waals surface area contributed by atoms with Crippen molar-refractivity contribution < 1.29 is 35.9 Å². The molecule has 0 amide bonds. The number of hydrogen-bond donors (Lipinski definition) is 0. The minimum Gasteiger partial charge on any atom is -0.361 e. The SMILES string of the molecule is [N-]=[N+]=CC(=O)c1cc(-c2ccc(C(F)(F)F)cc2)nc(-c2ccc(C(F)(F)F)cc2)c1. The van der Waals surface area contributed by atoms with Gasteiger partial charge in [0.05, 0.1) is 22.5 Å². The topological polar surface area (TPSA) is 66.4 Å². The van der Waals surface area contributed by atoms with Crippen molar-refractivity contribution in [3.63, 3.8) is 0 Å². The average Bonchev–Trinajstić information content (AvgIpc) is 2.72. The van der Waals surface area contributed by atoms with Gasteiger partial charge in [-0.25, -0.2) is 4.98 Å². The second kappa shape index (κ2) is 8.16. The predicted molar refractivity (Wildman–Crippen MR) is 99.1 cm³/mol. The van der Waals surface area contributed by atoms with Gasteiger partial charge < -0.3 is 5.53 Å². The molecular formula is C21H11F6N3O. The number of rotatable bonds is 4. The highest BCUT2D eigenvalue weighted by Gasteiger charge is 2.31. The summed E-state index contributed by atoms with van der Waals surface area (Å²) in [6.07, 6.45) is -8.46. The summed E-state index contributed by atoms with van der Waals surface area (Å²) < 4.78 is 76.8. The second-order valence-corrected chi connectivity index (χ2v) is 6.39. The Bertz CT molecular complexity index is 1080. The monoisotopic (exact) mass is 435 g/mol. The Kier molecular flexibility index (Phi) is 5.77. The summed E-state index contributed by atoms with van der Waals surface area (Å²) in [7, 11) is 0. The van der Waals surface area contributed by atoms with E-state index < -0.39 is 29.3 Å². The van der Waals surface area contributed by atoms with Gasteiger partial charge in [0, 0.05) is 16.7 Å². The minimum atomic E-state index is -4.53. The van der Waals surface area contributed by atoms with Gasteiger partial charge in [-0.15, -0.1) is 0 Å². The number of nitrogens with zero attached hydrogens (tertiary/aromatic N) is 3. The lowest BCUT2D eigenvalue weighted by molar-refractivity contribution is -0.138. The van der Waals surface area contributed by atoms with Gasteiger partial charge in [-0.3, -0.25) is 4.79 Å². The molecular weight excluding hydrogens is 424 g/mol. The molecule has 0 atom stereocenters. The molecule has 31 heavy (non-hydrogen) atoms. The quantitative estimate of drug-likeness (QED) is 0.167. The molecule has 0 aliphatic rings. The van der Waals surface area contributed by atoms with Crippen LogP contribution in [-0.2, 0) is 12.4 Å². The standard InChI is InChI=1S/C21H11F6N3O/c22-20(23,24)15-5-1-12(2-6-15)17-9-14(19(31)11-29-28)10-18(30-17)13-3-7-16(8-4-13)21(25,26)27/h1-11H. The Hall–Kier alpha value is -3.78. The normalized spacial score (nSPS) is 11.7. The Labute approximate surface area is 171 Å². The Morgan fingerprint density at radius 2 is 1.16 bits per heavy atom. The summed E-state index contributed by atoms with van der Waals surface area (Å²) in [5.41, 5.74) is 7.55. The molecule has 2 aromatic carbocycles. The second-order valence-electron chi connectivity index (χ2n) is 6.39. The molecule has 0 bridgehead atoms. The molecule has 1 aromatic heterocycles. The fraction of sp³-hybridized carbons (Fsp3) is 0.0952. The first-order valence-electron chi connectivity index (χ1n) is 8.58. The smallest absolute Gasteiger partial charge is 0.361 e. The van der Waals surface area contributed by atoms with E-state index in [9.17, 15) is 31.1 Å². The molecule has 1 heterocycles. The lowest BCUT2D eigenvalue weighted by atomic mass is 10.0. The van der Waals surface area contributed by atoms with E-state index >= 15 is 0 Å². The largest absolute Gasteiger partial charge is 0.416 e. The van der Waals surface area contributed by atoms with E-state index in [1.165, 1.54) is 12.1 Å². The van der Waals surface area contributed by atoms with Gasteiger partial charge in [0.25, 0.3) is 5.78 Å². The number of Topliss-reactive ketones (excluding diaryl/α,β-unsaturated/α-hetero) is 1. The molecule has 0 aliphatic heterocycles. The number of carbonyl (C=O) groups excluding carboxylic acids is 1. The Morgan fingerprint density at radius 3 is 1.48 bits per heavy atom. The van der Waals surface area contributed by atoms with Crippen molar-refractivity contribution in [2.75, 3.05) is 0 Å². The molecule has 4 nitrogen and oxygen atoms in total. The van der Waals surface area contributed by atoms with Gasteiger partial charge in [0.1, 0.15) is 0 Å². The average molecular weight is 435 g/mol. The van der Waals surface area contributed by atoms with Crippen LogP contribution in [0.3, 0.4) is 0 Å². The van der Waals surface area contributed by atoms with Crippen LogP contribution in [0.2, 0.25) is 0 Å². The number of pyridine rings is 1. The van der Waals surface area contributed by atoms with E-state index in [0.29, 0.717) is 6.21 Å². The van der Waals surface area contributed by atoms with Crippen LogP contribution in [0.15, 0.2) is 60.7 Å². The maximum absolute atomic E-state index is 12.8. The molecule has 0 aliphatic carbocycles. The summed E-state index contributed by atoms with van der Waals surface area (Å²) >= 11 is 0. The Balaban J connectivity index is 2.11. The molecule has 0 fully saturated rings. The third-order valence-electron chi connectivity index (χ3n) is 4.30. The first-order valence-corrected chi connectivity index (χ1v) is 8.58. The van der Waals surface area contributed by atoms with Crippen LogP contribution in [0.5, 0.6) is 0 Å². The van der Waals surface area contributed by atoms with Crippen LogP contribution in [0.25, 0.3) is 28.0 Å². The lowest BCUT2D eigenvalue weighted by Crippen LogP contribution is -2.05. The van der Waals surface area contributed by atoms with Gasteiger partial charge in [-0.2, -0.15) is 31.1 Å². The van der Waals surface area contributed by atoms with Gasteiger partial charge in [0.15, 0.2) is 0 Å². The number of benzene rings is 2. The number of alkyl halides is 6. The Morgan fingerprint density at radius 1 is 0.774 bits per heavy atom. The van der Waals surface area contributed by atoms with Crippen molar-refractivity contribution >= 4 is 12.0 Å². The van der Waals surface area contributed by atoms with E-state index in [0.717, 1.165) is 48.5 Å². The first kappa shape index (κ1) is 21.9. The predicted octanol–water partition coefficient (Wildman–Crippen LogP) is 5.94. The number of hydrogen-bond acceptors (Lipinski definition) is 2. The molecule has 0 radical (unpaired) electrons. The van der Waals surface area contributed by atoms with Gasteiger partial charge in [-0.1, -0.05) is 24.3 Å². The van der Waals surface area contributed by atoms with E-state index in [2.05, 4.69) is 9.77 Å². The summed E-state index contributed by atoms with van der Waals surface area (Å²) in [6, 6.07) is 10.6. The van der Waals surface area contributed by atoms with Crippen molar-refractivity contribution in [1.82, 2.24) is 4.98 Å². The van der Waals surface area contributed by atoms with Crippen LogP contribution in [-0.4, -0.2) is 21.8 Å². The molecule has 0 unspecified atom stereocenters. The van der Waals surface area contributed by atoms with Crippen molar-refractivity contribution in [2.45, 2.75) is 12.4 Å². The fourth-order valence-electron chi connectivity index (χ4n) is 2.76. The van der Waals surface area contributed by atoms with Crippen LogP contribution in [0.4, 0.5) is 26.3 Å². The van der Waals surface area contributed by atoms with Crippen LogP contribution in [0, 0.1) is 0 Å². The highest BCUT2D eigenvalue weighted by Crippen LogP contribution is 2.33. The first-order chi connectivity index (χ1) is 14.5. The van der Waals surface area contributed by atoms with Crippen LogP contribution in [0.1, 0.15) is 21.5 Å². The molecule has 3 aromatic rings. The lowest BCUT2D eigenvalue weighted by Gasteiger charge is -2.11. The summed E-state index contributed by atoms with van der Waals surface area (Å²) in [4.78, 5) is 19.1. The number of halogens is 6. The van der Waals surface area contributed by atoms with E-state index in [4.69, 9.17) is 5.53 Å². The van der Waals surface area contributed by atoms with E-state index in [1.54, 1.807) is 0 Å². The molecule has 0 N–H and O–H groups in total. The summed E-state index contributed by atoms with van der Waals surface area (Å²) in [5, 5.41) is 0. The number of ketones is 1. The highest BCUT2D eigenvalue weighted by atomic mass is 19.4. The van der Waals surface area contributed by atoms with Crippen molar-refractivity contribution in [3.8, 4) is 22.5 Å². The molecule has 0 spiro atoms. The summed E-state index contributed by atoms with van der Waals surface area (Å²) in [6.45, 7) is 0. The maximum atomic E-state index is 12.8. The van der Waals surface area contributed by atoms with E-state index in [-0.39, 0.29) is 28.1 Å². The number of carbonyl (C=O) groups is 1. The van der Waals surface area contributed by atoms with E-state index in [1.807, 2.05) is 0 Å². The summed E-state index contributed by atoms with van der Waals surface area (Å²) in [5.74, 6) is -0.730. The van der Waals surface area contributed by atoms with Crippen LogP contribution >= 0.6 is 0 Å².